The molecule has 0 bridgehead atoms. The van der Waals surface area contributed by atoms with Crippen LogP contribution in [0.5, 0.6) is 0 Å². The summed E-state index contributed by atoms with van der Waals surface area (Å²) in [7, 11) is 0. The highest BCUT2D eigenvalue weighted by Gasteiger charge is 2.27. The zero-order valence-electron chi connectivity index (χ0n) is 12.7. The Morgan fingerprint density at radius 3 is 2.55 bits per heavy atom. The van der Waals surface area contributed by atoms with Crippen molar-refractivity contribution in [2.75, 3.05) is 31.1 Å². The number of likely N-dealkylation sites (tertiary alicyclic amines) is 1. The Kier molecular flexibility index (Phi) is 4.01. The number of benzene rings is 1. The molecular formula is C17H21BrN4. The number of aromatic nitrogens is 2. The Morgan fingerprint density at radius 1 is 1.00 bits per heavy atom. The monoisotopic (exact) mass is 360 g/mol. The molecule has 0 amide bonds. The molecule has 4 nitrogen and oxygen atoms in total. The van der Waals surface area contributed by atoms with Gasteiger partial charge in [0.05, 0.1) is 5.52 Å². The molecule has 0 aliphatic carbocycles. The van der Waals surface area contributed by atoms with Gasteiger partial charge in [-0.1, -0.05) is 15.9 Å². The smallest absolute Gasteiger partial charge is 0.139 e. The van der Waals surface area contributed by atoms with Crippen LogP contribution in [0.25, 0.3) is 10.9 Å². The zero-order chi connectivity index (χ0) is 14.9. The third kappa shape index (κ3) is 2.72. The number of rotatable bonds is 2. The number of fused-ring (bicyclic) bond motifs is 1. The van der Waals surface area contributed by atoms with Crippen molar-refractivity contribution in [3.8, 4) is 0 Å². The minimum absolute atomic E-state index is 0.776. The molecule has 5 heteroatoms. The summed E-state index contributed by atoms with van der Waals surface area (Å²) >= 11 is 3.56. The molecule has 2 saturated heterocycles. The van der Waals surface area contributed by atoms with Crippen molar-refractivity contribution in [2.24, 2.45) is 0 Å². The second kappa shape index (κ2) is 6.13. The number of anilines is 1. The fraction of sp³-hybridized carbons (Fsp3) is 0.529. The average molecular weight is 361 g/mol. The summed E-state index contributed by atoms with van der Waals surface area (Å²) in [4.78, 5) is 14.1. The van der Waals surface area contributed by atoms with Crippen LogP contribution in [0.1, 0.15) is 25.7 Å². The lowest BCUT2D eigenvalue weighted by Crippen LogP contribution is -2.44. The molecule has 2 aliphatic rings. The van der Waals surface area contributed by atoms with Gasteiger partial charge in [0.25, 0.3) is 0 Å². The van der Waals surface area contributed by atoms with Gasteiger partial charge in [-0.2, -0.15) is 0 Å². The highest BCUT2D eigenvalue weighted by Crippen LogP contribution is 2.29. The van der Waals surface area contributed by atoms with Crippen molar-refractivity contribution in [3.63, 3.8) is 0 Å². The van der Waals surface area contributed by atoms with Crippen LogP contribution in [0, 0.1) is 0 Å². The minimum atomic E-state index is 0.776. The maximum Gasteiger partial charge on any atom is 0.139 e. The Bertz CT molecular complexity index is 661. The third-order valence-electron chi connectivity index (χ3n) is 5.00. The van der Waals surface area contributed by atoms with Crippen molar-refractivity contribution < 1.29 is 0 Å². The molecule has 0 saturated carbocycles. The first kappa shape index (κ1) is 14.4. The van der Waals surface area contributed by atoms with Crippen molar-refractivity contribution in [2.45, 2.75) is 31.7 Å². The van der Waals surface area contributed by atoms with E-state index >= 15 is 0 Å². The van der Waals surface area contributed by atoms with Crippen LogP contribution in [-0.4, -0.2) is 47.1 Å². The van der Waals surface area contributed by atoms with Gasteiger partial charge < -0.3 is 9.80 Å². The van der Waals surface area contributed by atoms with Gasteiger partial charge in [0, 0.05) is 29.0 Å². The molecule has 3 heterocycles. The van der Waals surface area contributed by atoms with Crippen LogP contribution < -0.4 is 4.90 Å². The molecule has 0 unspecified atom stereocenters. The van der Waals surface area contributed by atoms with Gasteiger partial charge in [0.15, 0.2) is 0 Å². The van der Waals surface area contributed by atoms with Crippen LogP contribution in [0.15, 0.2) is 29.0 Å². The fourth-order valence-electron chi connectivity index (χ4n) is 3.82. The zero-order valence-corrected chi connectivity index (χ0v) is 14.3. The van der Waals surface area contributed by atoms with Gasteiger partial charge in [-0.25, -0.2) is 9.97 Å². The van der Waals surface area contributed by atoms with Crippen LogP contribution in [0.4, 0.5) is 5.82 Å². The van der Waals surface area contributed by atoms with Crippen molar-refractivity contribution >= 4 is 32.7 Å². The van der Waals surface area contributed by atoms with Crippen molar-refractivity contribution in [1.29, 1.82) is 0 Å². The highest BCUT2D eigenvalue weighted by molar-refractivity contribution is 9.10. The molecule has 4 rings (SSSR count). The molecule has 2 aliphatic heterocycles. The SMILES string of the molecule is Brc1ccc2ncnc(N3CCC(N4CCCC4)CC3)c2c1. The van der Waals surface area contributed by atoms with E-state index in [0.29, 0.717) is 0 Å². The molecular weight excluding hydrogens is 340 g/mol. The Hall–Kier alpha value is -1.20. The van der Waals surface area contributed by atoms with E-state index < -0.39 is 0 Å². The lowest BCUT2D eigenvalue weighted by atomic mass is 10.0. The third-order valence-corrected chi connectivity index (χ3v) is 5.49. The number of piperidine rings is 1. The van der Waals surface area contributed by atoms with Crippen molar-refractivity contribution in [3.05, 3.63) is 29.0 Å². The molecule has 1 aromatic heterocycles. The molecule has 116 valence electrons. The van der Waals surface area contributed by atoms with E-state index in [9.17, 15) is 0 Å². The lowest BCUT2D eigenvalue weighted by Gasteiger charge is -2.37. The summed E-state index contributed by atoms with van der Waals surface area (Å²) in [6.07, 6.45) is 6.95. The number of hydrogen-bond donors (Lipinski definition) is 0. The molecule has 1 aromatic carbocycles. The van der Waals surface area contributed by atoms with E-state index in [1.807, 2.05) is 6.07 Å². The van der Waals surface area contributed by atoms with Gasteiger partial charge in [0.2, 0.25) is 0 Å². The Labute approximate surface area is 139 Å². The van der Waals surface area contributed by atoms with E-state index in [4.69, 9.17) is 0 Å². The average Bonchev–Trinajstić information content (AvgIpc) is 3.09. The molecule has 0 spiro atoms. The van der Waals surface area contributed by atoms with Gasteiger partial charge >= 0.3 is 0 Å². The van der Waals surface area contributed by atoms with Crippen molar-refractivity contribution in [1.82, 2.24) is 14.9 Å². The summed E-state index contributed by atoms with van der Waals surface area (Å²) in [5, 5.41) is 1.15. The predicted octanol–water partition coefficient (Wildman–Crippen LogP) is 3.46. The molecule has 2 aromatic rings. The first-order chi connectivity index (χ1) is 10.8. The van der Waals surface area contributed by atoms with Crippen LogP contribution in [-0.2, 0) is 0 Å². The topological polar surface area (TPSA) is 32.3 Å². The maximum atomic E-state index is 4.57. The molecule has 2 fully saturated rings. The second-order valence-corrected chi connectivity index (χ2v) is 7.24. The summed E-state index contributed by atoms with van der Waals surface area (Å²) in [6, 6.07) is 7.01. The summed E-state index contributed by atoms with van der Waals surface area (Å²) in [6.45, 7) is 4.79. The number of hydrogen-bond acceptors (Lipinski definition) is 4. The van der Waals surface area contributed by atoms with Gasteiger partial charge in [-0.15, -0.1) is 0 Å². The van der Waals surface area contributed by atoms with E-state index in [-0.39, 0.29) is 0 Å². The van der Waals surface area contributed by atoms with Crippen LogP contribution >= 0.6 is 15.9 Å². The normalized spacial score (nSPS) is 20.9. The highest BCUT2D eigenvalue weighted by atomic mass is 79.9. The van der Waals surface area contributed by atoms with E-state index in [0.717, 1.165) is 40.3 Å². The first-order valence-corrected chi connectivity index (χ1v) is 9.00. The van der Waals surface area contributed by atoms with E-state index in [1.54, 1.807) is 6.33 Å². The summed E-state index contributed by atoms with van der Waals surface area (Å²) in [5.41, 5.74) is 1.02. The number of nitrogens with zero attached hydrogens (tertiary/aromatic N) is 4. The van der Waals surface area contributed by atoms with E-state index in [1.165, 1.54) is 38.8 Å². The first-order valence-electron chi connectivity index (χ1n) is 8.20. The largest absolute Gasteiger partial charge is 0.356 e. The Morgan fingerprint density at radius 2 is 1.77 bits per heavy atom. The lowest BCUT2D eigenvalue weighted by molar-refractivity contribution is 0.208. The Balaban J connectivity index is 1.55. The molecule has 0 N–H and O–H groups in total. The van der Waals surface area contributed by atoms with Gasteiger partial charge in [-0.05, 0) is 57.0 Å². The number of halogens is 1. The molecule has 0 atom stereocenters. The van der Waals surface area contributed by atoms with Crippen LogP contribution in [0.3, 0.4) is 0 Å². The fourth-order valence-corrected chi connectivity index (χ4v) is 4.18. The maximum absolute atomic E-state index is 4.57. The predicted molar refractivity (Wildman–Crippen MR) is 93.3 cm³/mol. The standard InChI is InChI=1S/C17H21BrN4/c18-13-3-4-16-15(11-13)17(20-12-19-16)22-9-5-14(6-10-22)21-7-1-2-8-21/h3-4,11-12,14H,1-2,5-10H2. The van der Waals surface area contributed by atoms with Gasteiger partial charge in [0.1, 0.15) is 12.1 Å². The minimum Gasteiger partial charge on any atom is -0.356 e. The molecule has 22 heavy (non-hydrogen) atoms. The quantitative estimate of drug-likeness (QED) is 0.820. The second-order valence-electron chi connectivity index (χ2n) is 6.32. The van der Waals surface area contributed by atoms with Crippen LogP contribution in [0.2, 0.25) is 0 Å². The molecule has 0 radical (unpaired) electrons. The van der Waals surface area contributed by atoms with E-state index in [2.05, 4.69) is 47.8 Å². The summed E-state index contributed by atoms with van der Waals surface area (Å²) < 4.78 is 1.09. The summed E-state index contributed by atoms with van der Waals surface area (Å²) in [5.74, 6) is 1.09. The van der Waals surface area contributed by atoms with Gasteiger partial charge in [-0.3, -0.25) is 0 Å².